The first-order chi connectivity index (χ1) is 18.1. The van der Waals surface area contributed by atoms with Crippen molar-refractivity contribution in [2.24, 2.45) is 0 Å². The molecule has 0 bridgehead atoms. The summed E-state index contributed by atoms with van der Waals surface area (Å²) in [6.45, 7) is 4.96. The summed E-state index contributed by atoms with van der Waals surface area (Å²) < 4.78 is 12.5. The largest absolute Gasteiger partial charge is 0.491 e. The summed E-state index contributed by atoms with van der Waals surface area (Å²) in [7, 11) is 0. The molecule has 0 N–H and O–H groups in total. The van der Waals surface area contributed by atoms with Gasteiger partial charge in [0.2, 0.25) is 0 Å². The van der Waals surface area contributed by atoms with E-state index in [-0.39, 0.29) is 11.8 Å². The van der Waals surface area contributed by atoms with Gasteiger partial charge in [0, 0.05) is 18.7 Å². The lowest BCUT2D eigenvalue weighted by Gasteiger charge is -2.44. The van der Waals surface area contributed by atoms with Crippen LogP contribution >= 0.6 is 0 Å². The van der Waals surface area contributed by atoms with Gasteiger partial charge in [-0.3, -0.25) is 9.59 Å². The molecule has 3 aliphatic rings. The van der Waals surface area contributed by atoms with Crippen molar-refractivity contribution in [3.05, 3.63) is 64.7 Å². The summed E-state index contributed by atoms with van der Waals surface area (Å²) in [5.74, 6) is 0.930. The monoisotopic (exact) mass is 504 g/mol. The van der Waals surface area contributed by atoms with E-state index in [4.69, 9.17) is 9.47 Å². The van der Waals surface area contributed by atoms with Gasteiger partial charge >= 0.3 is 0 Å². The maximum atomic E-state index is 14.2. The highest BCUT2D eigenvalue weighted by atomic mass is 16.5. The third-order valence-electron chi connectivity index (χ3n) is 8.15. The first kappa shape index (κ1) is 25.8. The van der Waals surface area contributed by atoms with E-state index in [9.17, 15) is 9.59 Å². The van der Waals surface area contributed by atoms with E-state index in [0.29, 0.717) is 45.8 Å². The summed E-state index contributed by atoms with van der Waals surface area (Å²) in [6.07, 6.45) is 8.53. The average Bonchev–Trinajstić information content (AvgIpc) is 3.40. The number of carbonyl (C=O) groups excluding carboxylic acids is 2. The molecule has 198 valence electrons. The Labute approximate surface area is 220 Å². The predicted octanol–water partition coefficient (Wildman–Crippen LogP) is 4.82. The van der Waals surface area contributed by atoms with Crippen LogP contribution in [0.3, 0.4) is 0 Å². The average molecular weight is 505 g/mol. The van der Waals surface area contributed by atoms with E-state index in [0.717, 1.165) is 62.7 Å². The predicted molar refractivity (Wildman–Crippen MR) is 144 cm³/mol. The molecule has 2 heterocycles. The van der Waals surface area contributed by atoms with Gasteiger partial charge in [-0.15, -0.1) is 0 Å². The molecule has 1 unspecified atom stereocenters. The maximum Gasteiger partial charge on any atom is 0.256 e. The zero-order valence-electron chi connectivity index (χ0n) is 22.2. The van der Waals surface area contributed by atoms with Crippen LogP contribution in [0, 0.1) is 0 Å². The number of rotatable bonds is 4. The zero-order chi connectivity index (χ0) is 25.7. The van der Waals surface area contributed by atoms with Crippen LogP contribution in [0.15, 0.2) is 42.5 Å². The molecule has 37 heavy (non-hydrogen) atoms. The van der Waals surface area contributed by atoms with Crippen molar-refractivity contribution < 1.29 is 19.1 Å². The minimum atomic E-state index is -1.00. The third kappa shape index (κ3) is 5.69. The van der Waals surface area contributed by atoms with E-state index >= 15 is 0 Å². The Balaban J connectivity index is 1.38. The number of hydrogen-bond acceptors (Lipinski definition) is 4. The molecule has 5 rings (SSSR count). The summed E-state index contributed by atoms with van der Waals surface area (Å²) in [6, 6.07) is 14.3. The van der Waals surface area contributed by atoms with Gasteiger partial charge in [0.05, 0.1) is 19.7 Å². The molecule has 6 nitrogen and oxygen atoms in total. The van der Waals surface area contributed by atoms with Crippen LogP contribution in [0.2, 0.25) is 0 Å². The van der Waals surface area contributed by atoms with Gasteiger partial charge in [0.25, 0.3) is 11.8 Å². The van der Waals surface area contributed by atoms with Gasteiger partial charge in [0.15, 0.2) is 5.60 Å². The molecular weight excluding hydrogens is 464 g/mol. The first-order valence-corrected chi connectivity index (χ1v) is 14.1. The fourth-order valence-corrected chi connectivity index (χ4v) is 6.03. The second kappa shape index (κ2) is 11.7. The Bertz CT molecular complexity index is 1120. The smallest absolute Gasteiger partial charge is 0.256 e. The van der Waals surface area contributed by atoms with Crippen molar-refractivity contribution in [1.29, 1.82) is 0 Å². The van der Waals surface area contributed by atoms with Gasteiger partial charge in [-0.25, -0.2) is 0 Å². The Morgan fingerprint density at radius 2 is 1.78 bits per heavy atom. The number of benzene rings is 2. The number of amides is 2. The van der Waals surface area contributed by atoms with Crippen LogP contribution in [0.25, 0.3) is 0 Å². The minimum absolute atomic E-state index is 0.00450. The normalized spacial score (nSPS) is 22.6. The molecule has 6 heteroatoms. The summed E-state index contributed by atoms with van der Waals surface area (Å²) in [5.41, 5.74) is 3.59. The van der Waals surface area contributed by atoms with E-state index in [1.165, 1.54) is 16.7 Å². The molecule has 1 saturated heterocycles. The molecule has 2 aromatic carbocycles. The summed E-state index contributed by atoms with van der Waals surface area (Å²) in [5, 5.41) is 0. The van der Waals surface area contributed by atoms with E-state index in [2.05, 4.69) is 31.2 Å². The molecule has 2 aliphatic heterocycles. The van der Waals surface area contributed by atoms with Crippen molar-refractivity contribution >= 4 is 11.8 Å². The number of ether oxygens (including phenoxy) is 2. The second-order valence-electron chi connectivity index (χ2n) is 10.7. The van der Waals surface area contributed by atoms with Crippen LogP contribution in [0.5, 0.6) is 5.75 Å². The van der Waals surface area contributed by atoms with Crippen molar-refractivity contribution in [3.8, 4) is 5.75 Å². The van der Waals surface area contributed by atoms with Crippen LogP contribution in [-0.2, 0) is 28.8 Å². The maximum absolute atomic E-state index is 14.2. The molecule has 0 radical (unpaired) electrons. The van der Waals surface area contributed by atoms with Gasteiger partial charge in [-0.1, -0.05) is 37.6 Å². The van der Waals surface area contributed by atoms with Crippen molar-refractivity contribution in [1.82, 2.24) is 9.80 Å². The molecule has 0 saturated carbocycles. The number of nitrogens with zero attached hydrogens (tertiary/aromatic N) is 2. The number of hydrogen-bond donors (Lipinski definition) is 0. The van der Waals surface area contributed by atoms with Gasteiger partial charge in [-0.05, 0) is 86.3 Å². The summed E-state index contributed by atoms with van der Waals surface area (Å²) in [4.78, 5) is 31.5. The highest BCUT2D eigenvalue weighted by molar-refractivity contribution is 5.95. The number of morpholine rings is 1. The standard InChI is InChI=1S/C31H40N2O4/c1-2-3-17-32-18-20-36-28-13-5-4-9-25(28)10-6-7-16-31(30(32)35)23-33(19-21-37-31)29(34)27-15-14-24-11-8-12-26(24)22-27/h4-5,9,13-15,22H,2-3,6-8,10-12,16-21,23H2,1H3. The molecule has 1 atom stereocenters. The molecule has 2 aromatic rings. The van der Waals surface area contributed by atoms with E-state index < -0.39 is 5.60 Å². The Hall–Kier alpha value is -2.86. The molecule has 1 spiro atoms. The second-order valence-corrected chi connectivity index (χ2v) is 10.7. The van der Waals surface area contributed by atoms with Crippen molar-refractivity contribution in [2.45, 2.75) is 70.3 Å². The van der Waals surface area contributed by atoms with Crippen LogP contribution in [-0.4, -0.2) is 66.6 Å². The van der Waals surface area contributed by atoms with Gasteiger partial charge in [0.1, 0.15) is 12.4 Å². The summed E-state index contributed by atoms with van der Waals surface area (Å²) >= 11 is 0. The topological polar surface area (TPSA) is 59.1 Å². The number of aryl methyl sites for hydroxylation is 3. The molecular formula is C31H40N2O4. The number of fused-ring (bicyclic) bond motifs is 2. The Kier molecular flexibility index (Phi) is 8.14. The lowest BCUT2D eigenvalue weighted by Crippen LogP contribution is -2.62. The Morgan fingerprint density at radius 3 is 2.68 bits per heavy atom. The quantitative estimate of drug-likeness (QED) is 0.599. The highest BCUT2D eigenvalue weighted by Gasteiger charge is 2.46. The fourth-order valence-electron chi connectivity index (χ4n) is 6.03. The molecule has 2 amide bonds. The highest BCUT2D eigenvalue weighted by Crippen LogP contribution is 2.31. The molecule has 0 aromatic heterocycles. The minimum Gasteiger partial charge on any atom is -0.491 e. The van der Waals surface area contributed by atoms with Crippen molar-refractivity contribution in [3.63, 3.8) is 0 Å². The molecule has 1 aliphatic carbocycles. The van der Waals surface area contributed by atoms with Gasteiger partial charge < -0.3 is 19.3 Å². The number of unbranched alkanes of at least 4 members (excludes halogenated alkanes) is 1. The van der Waals surface area contributed by atoms with E-state index in [1.54, 1.807) is 0 Å². The Morgan fingerprint density at radius 1 is 0.946 bits per heavy atom. The van der Waals surface area contributed by atoms with E-state index in [1.807, 2.05) is 28.0 Å². The third-order valence-corrected chi connectivity index (χ3v) is 8.15. The lowest BCUT2D eigenvalue weighted by atomic mass is 9.90. The molecule has 1 fully saturated rings. The number of carbonyl (C=O) groups is 2. The van der Waals surface area contributed by atoms with Crippen LogP contribution in [0.4, 0.5) is 0 Å². The van der Waals surface area contributed by atoms with Crippen LogP contribution in [0.1, 0.15) is 72.5 Å². The van der Waals surface area contributed by atoms with Crippen molar-refractivity contribution in [2.75, 3.05) is 39.4 Å². The first-order valence-electron chi connectivity index (χ1n) is 14.1. The number of para-hydroxylation sites is 1. The van der Waals surface area contributed by atoms with Gasteiger partial charge in [-0.2, -0.15) is 0 Å². The fraction of sp³-hybridized carbons (Fsp3) is 0.548. The lowest BCUT2D eigenvalue weighted by molar-refractivity contribution is -0.170. The zero-order valence-corrected chi connectivity index (χ0v) is 22.2. The van der Waals surface area contributed by atoms with Crippen LogP contribution < -0.4 is 4.74 Å². The SMILES string of the molecule is CCCCN1CCOc2ccccc2CCCCC2(CN(C(=O)c3ccc4c(c3)CCC4)CCO2)C1=O.